The maximum absolute atomic E-state index is 12.0. The van der Waals surface area contributed by atoms with Crippen molar-refractivity contribution in [3.63, 3.8) is 0 Å². The van der Waals surface area contributed by atoms with E-state index in [1.54, 1.807) is 11.8 Å². The van der Waals surface area contributed by atoms with Gasteiger partial charge in [-0.2, -0.15) is 0 Å². The van der Waals surface area contributed by atoms with E-state index in [2.05, 4.69) is 5.32 Å². The number of benzene rings is 1. The van der Waals surface area contributed by atoms with Gasteiger partial charge < -0.3 is 16.0 Å². The standard InChI is InChI=1S/C14H21N3O2.ClH/c1-3-17(10-12-7-5-4-6-8-12)13(18)9-16-14(19)11(2)15;/h4-8,11H,3,9-10,15H2,1-2H3,(H,16,19);1H/t11-;/m1./s1. The van der Waals surface area contributed by atoms with Gasteiger partial charge in [0.2, 0.25) is 11.8 Å². The number of rotatable bonds is 6. The van der Waals surface area contributed by atoms with Gasteiger partial charge in [0.05, 0.1) is 12.6 Å². The zero-order valence-corrected chi connectivity index (χ0v) is 12.7. The Morgan fingerprint density at radius 3 is 2.40 bits per heavy atom. The summed E-state index contributed by atoms with van der Waals surface area (Å²) in [6.45, 7) is 4.63. The second-order valence-electron chi connectivity index (χ2n) is 4.40. The lowest BCUT2D eigenvalue weighted by molar-refractivity contribution is -0.133. The first-order chi connectivity index (χ1) is 9.04. The summed E-state index contributed by atoms with van der Waals surface area (Å²) in [6, 6.07) is 9.14. The molecule has 20 heavy (non-hydrogen) atoms. The lowest BCUT2D eigenvalue weighted by Crippen LogP contribution is -2.44. The summed E-state index contributed by atoms with van der Waals surface area (Å²) in [5.41, 5.74) is 6.48. The monoisotopic (exact) mass is 299 g/mol. The molecule has 6 heteroatoms. The number of likely N-dealkylation sites (N-methyl/N-ethyl adjacent to an activating group) is 1. The Morgan fingerprint density at radius 1 is 1.30 bits per heavy atom. The van der Waals surface area contributed by atoms with Crippen molar-refractivity contribution in [1.82, 2.24) is 10.2 Å². The predicted molar refractivity (Wildman–Crippen MR) is 81.4 cm³/mol. The van der Waals surface area contributed by atoms with Crippen molar-refractivity contribution >= 4 is 24.2 Å². The Kier molecular flexibility index (Phi) is 8.59. The number of amides is 2. The minimum atomic E-state index is -0.600. The van der Waals surface area contributed by atoms with Crippen LogP contribution in [-0.2, 0) is 16.1 Å². The quantitative estimate of drug-likeness (QED) is 0.820. The Labute approximate surface area is 125 Å². The zero-order valence-electron chi connectivity index (χ0n) is 11.8. The highest BCUT2D eigenvalue weighted by Crippen LogP contribution is 2.04. The van der Waals surface area contributed by atoms with Crippen molar-refractivity contribution in [2.24, 2.45) is 5.73 Å². The van der Waals surface area contributed by atoms with Crippen LogP contribution in [0.2, 0.25) is 0 Å². The predicted octanol–water partition coefficient (Wildman–Crippen LogP) is 0.920. The molecule has 1 atom stereocenters. The van der Waals surface area contributed by atoms with Crippen LogP contribution in [0.3, 0.4) is 0 Å². The third-order valence-corrected chi connectivity index (χ3v) is 2.78. The Bertz CT molecular complexity index is 424. The SMILES string of the molecule is CCN(Cc1ccccc1)C(=O)CNC(=O)[C@@H](C)N.Cl. The number of nitrogens with two attached hydrogens (primary N) is 1. The molecule has 0 aliphatic rings. The topological polar surface area (TPSA) is 75.4 Å². The normalized spacial score (nSPS) is 11.2. The smallest absolute Gasteiger partial charge is 0.242 e. The van der Waals surface area contributed by atoms with E-state index < -0.39 is 6.04 Å². The second-order valence-corrected chi connectivity index (χ2v) is 4.40. The highest BCUT2D eigenvalue weighted by molar-refractivity contribution is 5.87. The molecule has 0 spiro atoms. The first-order valence-electron chi connectivity index (χ1n) is 6.39. The molecule has 2 amide bonds. The van der Waals surface area contributed by atoms with Gasteiger partial charge in [0, 0.05) is 13.1 Å². The van der Waals surface area contributed by atoms with Crippen molar-refractivity contribution in [3.05, 3.63) is 35.9 Å². The molecule has 1 rings (SSSR count). The molecular weight excluding hydrogens is 278 g/mol. The van der Waals surface area contributed by atoms with E-state index in [-0.39, 0.29) is 30.8 Å². The van der Waals surface area contributed by atoms with E-state index >= 15 is 0 Å². The van der Waals surface area contributed by atoms with Crippen LogP contribution in [-0.4, -0.2) is 35.8 Å². The molecule has 0 unspecified atom stereocenters. The maximum atomic E-state index is 12.0. The molecule has 0 aromatic heterocycles. The fourth-order valence-electron chi connectivity index (χ4n) is 1.62. The number of carbonyl (C=O) groups excluding carboxylic acids is 2. The molecule has 0 saturated carbocycles. The summed E-state index contributed by atoms with van der Waals surface area (Å²) in [5.74, 6) is -0.426. The van der Waals surface area contributed by atoms with Gasteiger partial charge in [-0.15, -0.1) is 12.4 Å². The fourth-order valence-corrected chi connectivity index (χ4v) is 1.62. The lowest BCUT2D eigenvalue weighted by atomic mass is 10.2. The van der Waals surface area contributed by atoms with Gasteiger partial charge in [-0.05, 0) is 19.4 Å². The Hall–Kier alpha value is -1.59. The van der Waals surface area contributed by atoms with Gasteiger partial charge in [-0.1, -0.05) is 30.3 Å². The zero-order chi connectivity index (χ0) is 14.3. The average Bonchev–Trinajstić information content (AvgIpc) is 2.42. The van der Waals surface area contributed by atoms with Gasteiger partial charge in [0.1, 0.15) is 0 Å². The summed E-state index contributed by atoms with van der Waals surface area (Å²) in [7, 11) is 0. The van der Waals surface area contributed by atoms with Gasteiger partial charge in [-0.3, -0.25) is 9.59 Å². The number of carbonyl (C=O) groups is 2. The van der Waals surface area contributed by atoms with Crippen molar-refractivity contribution in [2.45, 2.75) is 26.4 Å². The van der Waals surface area contributed by atoms with Crippen molar-refractivity contribution in [2.75, 3.05) is 13.1 Å². The number of nitrogens with zero attached hydrogens (tertiary/aromatic N) is 1. The van der Waals surface area contributed by atoms with Crippen LogP contribution < -0.4 is 11.1 Å². The molecule has 1 aromatic carbocycles. The molecule has 1 aromatic rings. The van der Waals surface area contributed by atoms with E-state index in [1.807, 2.05) is 37.3 Å². The molecule has 0 bridgehead atoms. The van der Waals surface area contributed by atoms with Gasteiger partial charge in [-0.25, -0.2) is 0 Å². The molecule has 0 radical (unpaired) electrons. The van der Waals surface area contributed by atoms with Crippen LogP contribution in [0.4, 0.5) is 0 Å². The Balaban J connectivity index is 0.00000361. The van der Waals surface area contributed by atoms with Crippen molar-refractivity contribution < 1.29 is 9.59 Å². The molecule has 0 fully saturated rings. The van der Waals surface area contributed by atoms with Crippen LogP contribution >= 0.6 is 12.4 Å². The van der Waals surface area contributed by atoms with Crippen LogP contribution in [0, 0.1) is 0 Å². The first kappa shape index (κ1) is 18.4. The average molecular weight is 300 g/mol. The maximum Gasteiger partial charge on any atom is 0.242 e. The summed E-state index contributed by atoms with van der Waals surface area (Å²) < 4.78 is 0. The van der Waals surface area contributed by atoms with Crippen LogP contribution in [0.25, 0.3) is 0 Å². The van der Waals surface area contributed by atoms with Gasteiger partial charge >= 0.3 is 0 Å². The number of nitrogens with one attached hydrogen (secondary N) is 1. The van der Waals surface area contributed by atoms with Crippen molar-refractivity contribution in [3.8, 4) is 0 Å². The Morgan fingerprint density at radius 2 is 1.90 bits per heavy atom. The molecule has 0 aliphatic carbocycles. The van der Waals surface area contributed by atoms with E-state index in [1.165, 1.54) is 0 Å². The van der Waals surface area contributed by atoms with Crippen LogP contribution in [0.1, 0.15) is 19.4 Å². The summed E-state index contributed by atoms with van der Waals surface area (Å²) >= 11 is 0. The first-order valence-corrected chi connectivity index (χ1v) is 6.39. The van der Waals surface area contributed by atoms with Crippen molar-refractivity contribution in [1.29, 1.82) is 0 Å². The number of hydrogen-bond acceptors (Lipinski definition) is 3. The molecule has 0 saturated heterocycles. The van der Waals surface area contributed by atoms with Crippen LogP contribution in [0.5, 0.6) is 0 Å². The van der Waals surface area contributed by atoms with Crippen LogP contribution in [0.15, 0.2) is 30.3 Å². The molecule has 0 aliphatic heterocycles. The van der Waals surface area contributed by atoms with Gasteiger partial charge in [0.25, 0.3) is 0 Å². The lowest BCUT2D eigenvalue weighted by Gasteiger charge is -2.21. The summed E-state index contributed by atoms with van der Waals surface area (Å²) in [4.78, 5) is 25.0. The largest absolute Gasteiger partial charge is 0.346 e. The molecule has 0 heterocycles. The van der Waals surface area contributed by atoms with E-state index in [4.69, 9.17) is 5.73 Å². The molecule has 3 N–H and O–H groups in total. The minimum Gasteiger partial charge on any atom is -0.346 e. The fraction of sp³-hybridized carbons (Fsp3) is 0.429. The third-order valence-electron chi connectivity index (χ3n) is 2.78. The van der Waals surface area contributed by atoms with E-state index in [0.29, 0.717) is 13.1 Å². The summed E-state index contributed by atoms with van der Waals surface area (Å²) in [5, 5.41) is 2.53. The van der Waals surface area contributed by atoms with E-state index in [0.717, 1.165) is 5.56 Å². The second kappa shape index (κ2) is 9.34. The number of hydrogen-bond donors (Lipinski definition) is 2. The van der Waals surface area contributed by atoms with Gasteiger partial charge in [0.15, 0.2) is 0 Å². The number of halogens is 1. The molecular formula is C14H22ClN3O2. The van der Waals surface area contributed by atoms with E-state index in [9.17, 15) is 9.59 Å². The third kappa shape index (κ3) is 6.04. The summed E-state index contributed by atoms with van der Waals surface area (Å²) in [6.07, 6.45) is 0. The highest BCUT2D eigenvalue weighted by Gasteiger charge is 2.14. The molecule has 5 nitrogen and oxygen atoms in total. The molecule has 112 valence electrons. The highest BCUT2D eigenvalue weighted by atomic mass is 35.5. The minimum absolute atomic E-state index is 0.